The van der Waals surface area contributed by atoms with Gasteiger partial charge >= 0.3 is 5.69 Å². The van der Waals surface area contributed by atoms with Crippen LogP contribution in [0.1, 0.15) is 41.6 Å². The Bertz CT molecular complexity index is 747. The molecule has 1 aromatic heterocycles. The molecule has 0 N–H and O–H groups in total. The maximum Gasteiger partial charge on any atom is 0.310 e. The summed E-state index contributed by atoms with van der Waals surface area (Å²) in [7, 11) is 0. The van der Waals surface area contributed by atoms with Crippen molar-refractivity contribution in [2.45, 2.75) is 33.7 Å². The van der Waals surface area contributed by atoms with E-state index < -0.39 is 4.92 Å². The Kier molecular flexibility index (Phi) is 4.83. The summed E-state index contributed by atoms with van der Waals surface area (Å²) in [4.78, 5) is 22.8. The number of benzene rings is 1. The molecule has 2 rings (SSSR count). The van der Waals surface area contributed by atoms with Crippen LogP contribution in [0.2, 0.25) is 0 Å². The van der Waals surface area contributed by atoms with E-state index in [1.54, 1.807) is 12.1 Å². The number of Topliss-reactive ketones (excluding diaryl/α,β-unsaturated/α-hetero) is 1. The third-order valence-electron chi connectivity index (χ3n) is 3.72. The third kappa shape index (κ3) is 3.41. The average molecular weight is 316 g/mol. The fourth-order valence-electron chi connectivity index (χ4n) is 2.81. The highest BCUT2D eigenvalue weighted by Crippen LogP contribution is 2.26. The first kappa shape index (κ1) is 16.7. The Morgan fingerprint density at radius 2 is 1.96 bits per heavy atom. The van der Waals surface area contributed by atoms with Crippen LogP contribution < -0.4 is 4.74 Å². The first-order valence-electron chi connectivity index (χ1n) is 7.40. The number of ether oxygens (including phenoxy) is 1. The highest BCUT2D eigenvalue weighted by atomic mass is 16.6. The van der Waals surface area contributed by atoms with Gasteiger partial charge in [-0.1, -0.05) is 12.1 Å². The van der Waals surface area contributed by atoms with Gasteiger partial charge in [0.1, 0.15) is 0 Å². The van der Waals surface area contributed by atoms with E-state index in [1.807, 2.05) is 19.9 Å². The van der Waals surface area contributed by atoms with E-state index in [0.717, 1.165) is 11.4 Å². The second-order valence-corrected chi connectivity index (χ2v) is 5.69. The van der Waals surface area contributed by atoms with Crippen LogP contribution in [0.5, 0.6) is 5.75 Å². The molecule has 0 amide bonds. The maximum atomic E-state index is 12.4. The first-order valence-corrected chi connectivity index (χ1v) is 7.40. The molecule has 0 aliphatic carbocycles. The lowest BCUT2D eigenvalue weighted by Gasteiger charge is -2.13. The van der Waals surface area contributed by atoms with Crippen LogP contribution in [0.15, 0.2) is 30.3 Å². The molecule has 0 aliphatic heterocycles. The largest absolute Gasteiger partial charge is 0.478 e. The molecule has 0 saturated heterocycles. The van der Waals surface area contributed by atoms with Crippen molar-refractivity contribution in [2.24, 2.45) is 0 Å². The Morgan fingerprint density at radius 3 is 2.52 bits per heavy atom. The highest BCUT2D eigenvalue weighted by Gasteiger charge is 2.19. The minimum atomic E-state index is -0.523. The number of para-hydroxylation sites is 2. The number of rotatable bonds is 6. The third-order valence-corrected chi connectivity index (χ3v) is 3.72. The molecule has 23 heavy (non-hydrogen) atoms. The number of carbonyl (C=O) groups excluding carboxylic acids is 1. The lowest BCUT2D eigenvalue weighted by Crippen LogP contribution is -2.14. The summed E-state index contributed by atoms with van der Waals surface area (Å²) in [6.07, 6.45) is 0. The predicted molar refractivity (Wildman–Crippen MR) is 87.2 cm³/mol. The van der Waals surface area contributed by atoms with E-state index in [-0.39, 0.29) is 29.9 Å². The van der Waals surface area contributed by atoms with Crippen LogP contribution in [0.3, 0.4) is 0 Å². The van der Waals surface area contributed by atoms with E-state index in [9.17, 15) is 14.9 Å². The number of hydrogen-bond donors (Lipinski definition) is 0. The van der Waals surface area contributed by atoms with E-state index in [0.29, 0.717) is 5.56 Å². The second kappa shape index (κ2) is 6.64. The molecule has 0 aliphatic rings. The van der Waals surface area contributed by atoms with Crippen molar-refractivity contribution in [1.82, 2.24) is 4.57 Å². The summed E-state index contributed by atoms with van der Waals surface area (Å²) >= 11 is 0. The van der Waals surface area contributed by atoms with Gasteiger partial charge in [0.15, 0.2) is 12.4 Å². The zero-order valence-corrected chi connectivity index (χ0v) is 13.7. The predicted octanol–water partition coefficient (Wildman–Crippen LogP) is 3.86. The number of hydrogen-bond acceptors (Lipinski definition) is 4. The van der Waals surface area contributed by atoms with Gasteiger partial charge in [-0.3, -0.25) is 14.9 Å². The number of aromatic nitrogens is 1. The molecular weight excluding hydrogens is 296 g/mol. The summed E-state index contributed by atoms with van der Waals surface area (Å²) < 4.78 is 7.46. The molecule has 122 valence electrons. The smallest absolute Gasteiger partial charge is 0.310 e. The number of nitro benzene ring substituents is 1. The quantitative estimate of drug-likeness (QED) is 0.461. The van der Waals surface area contributed by atoms with Crippen LogP contribution >= 0.6 is 0 Å². The number of nitrogens with zero attached hydrogens (tertiary/aromatic N) is 2. The SMILES string of the molecule is Cc1cc(C(=O)COc2ccccc2[N+](=O)[O-])c(C)n1C(C)C. The van der Waals surface area contributed by atoms with Gasteiger partial charge in [0.05, 0.1) is 4.92 Å². The molecule has 0 radical (unpaired) electrons. The molecule has 1 aromatic carbocycles. The number of carbonyl (C=O) groups is 1. The Hall–Kier alpha value is -2.63. The van der Waals surface area contributed by atoms with Crippen LogP contribution in [0.25, 0.3) is 0 Å². The van der Waals surface area contributed by atoms with Crippen LogP contribution in [-0.2, 0) is 0 Å². The van der Waals surface area contributed by atoms with Crippen molar-refractivity contribution in [2.75, 3.05) is 6.61 Å². The van der Waals surface area contributed by atoms with Crippen molar-refractivity contribution in [3.8, 4) is 5.75 Å². The summed E-state index contributed by atoms with van der Waals surface area (Å²) in [6.45, 7) is 7.72. The summed E-state index contributed by atoms with van der Waals surface area (Å²) in [5.74, 6) is -0.0910. The van der Waals surface area contributed by atoms with Crippen LogP contribution in [0, 0.1) is 24.0 Å². The second-order valence-electron chi connectivity index (χ2n) is 5.69. The van der Waals surface area contributed by atoms with Gasteiger partial charge < -0.3 is 9.30 Å². The number of aryl methyl sites for hydroxylation is 1. The normalized spacial score (nSPS) is 10.8. The van der Waals surface area contributed by atoms with Gasteiger partial charge in [0, 0.05) is 29.1 Å². The Morgan fingerprint density at radius 1 is 1.30 bits per heavy atom. The molecule has 0 spiro atoms. The summed E-state index contributed by atoms with van der Waals surface area (Å²) in [5.41, 5.74) is 2.34. The number of nitro groups is 1. The van der Waals surface area contributed by atoms with Crippen LogP contribution in [-0.4, -0.2) is 21.9 Å². The van der Waals surface area contributed by atoms with Crippen molar-refractivity contribution in [3.05, 3.63) is 57.4 Å². The standard InChI is InChI=1S/C17H20N2O4/c1-11(2)18-12(3)9-14(13(18)4)16(20)10-23-17-8-6-5-7-15(17)19(21)22/h5-9,11H,10H2,1-4H3. The molecule has 6 heteroatoms. The minimum Gasteiger partial charge on any atom is -0.478 e. The molecule has 0 unspecified atom stereocenters. The Labute approximate surface area is 134 Å². The van der Waals surface area contributed by atoms with Gasteiger partial charge in [0.2, 0.25) is 5.78 Å². The lowest BCUT2D eigenvalue weighted by atomic mass is 10.1. The summed E-state index contributed by atoms with van der Waals surface area (Å²) in [6, 6.07) is 8.13. The van der Waals surface area contributed by atoms with Gasteiger partial charge in [-0.15, -0.1) is 0 Å². The van der Waals surface area contributed by atoms with E-state index in [1.165, 1.54) is 12.1 Å². The van der Waals surface area contributed by atoms with Crippen molar-refractivity contribution < 1.29 is 14.5 Å². The molecule has 0 saturated carbocycles. The van der Waals surface area contributed by atoms with Gasteiger partial charge in [-0.05, 0) is 39.8 Å². The van der Waals surface area contributed by atoms with E-state index in [4.69, 9.17) is 4.74 Å². The monoisotopic (exact) mass is 316 g/mol. The van der Waals surface area contributed by atoms with Gasteiger partial charge in [0.25, 0.3) is 0 Å². The molecular formula is C17H20N2O4. The molecule has 1 heterocycles. The van der Waals surface area contributed by atoms with Gasteiger partial charge in [-0.25, -0.2) is 0 Å². The average Bonchev–Trinajstić information content (AvgIpc) is 2.80. The van der Waals surface area contributed by atoms with Crippen molar-refractivity contribution in [3.63, 3.8) is 0 Å². The maximum absolute atomic E-state index is 12.4. The topological polar surface area (TPSA) is 74.4 Å². The fourth-order valence-corrected chi connectivity index (χ4v) is 2.81. The summed E-state index contributed by atoms with van der Waals surface area (Å²) in [5, 5.41) is 11.0. The molecule has 6 nitrogen and oxygen atoms in total. The minimum absolute atomic E-state index is 0.100. The highest BCUT2D eigenvalue weighted by molar-refractivity contribution is 5.98. The Balaban J connectivity index is 2.18. The molecule has 2 aromatic rings. The first-order chi connectivity index (χ1) is 10.8. The van der Waals surface area contributed by atoms with E-state index >= 15 is 0 Å². The lowest BCUT2D eigenvalue weighted by molar-refractivity contribution is -0.385. The molecule has 0 atom stereocenters. The van der Waals surface area contributed by atoms with Crippen LogP contribution in [0.4, 0.5) is 5.69 Å². The van der Waals surface area contributed by atoms with E-state index in [2.05, 4.69) is 18.4 Å². The molecule has 0 bridgehead atoms. The molecule has 0 fully saturated rings. The van der Waals surface area contributed by atoms with Crippen molar-refractivity contribution >= 4 is 11.5 Å². The number of ketones is 1. The van der Waals surface area contributed by atoms with Crippen molar-refractivity contribution in [1.29, 1.82) is 0 Å². The van der Waals surface area contributed by atoms with Gasteiger partial charge in [-0.2, -0.15) is 0 Å². The zero-order valence-electron chi connectivity index (χ0n) is 13.7. The fraction of sp³-hybridized carbons (Fsp3) is 0.353. The zero-order chi connectivity index (χ0) is 17.1.